The number of rotatable bonds is 6. The summed E-state index contributed by atoms with van der Waals surface area (Å²) in [6.07, 6.45) is -4.15. The van der Waals surface area contributed by atoms with Gasteiger partial charge in [0.1, 0.15) is 17.3 Å². The molecule has 3 aromatic rings. The van der Waals surface area contributed by atoms with Crippen LogP contribution in [-0.4, -0.2) is 39.1 Å². The lowest BCUT2D eigenvalue weighted by molar-refractivity contribution is -0.289. The second-order valence-corrected chi connectivity index (χ2v) is 9.53. The van der Waals surface area contributed by atoms with Crippen molar-refractivity contribution in [2.45, 2.75) is 12.1 Å². The minimum absolute atomic E-state index is 0.0251. The highest BCUT2D eigenvalue weighted by atomic mass is 32.2. The third kappa shape index (κ3) is 6.00. The lowest BCUT2D eigenvalue weighted by atomic mass is 10.0. The maximum absolute atomic E-state index is 14.4. The summed E-state index contributed by atoms with van der Waals surface area (Å²) in [5.41, 5.74) is -2.46. The maximum Gasteiger partial charge on any atom is 0.458 e. The molecule has 3 rings (SSSR count). The molecule has 0 aliphatic carbocycles. The number of methoxy groups -OCH3 is 1. The minimum atomic E-state index is -5.92. The van der Waals surface area contributed by atoms with E-state index < -0.39 is 45.0 Å². The van der Waals surface area contributed by atoms with Crippen molar-refractivity contribution in [3.8, 4) is 17.0 Å². The number of halogens is 7. The van der Waals surface area contributed by atoms with Crippen molar-refractivity contribution in [2.75, 3.05) is 18.7 Å². The van der Waals surface area contributed by atoms with Crippen LogP contribution in [0.4, 0.5) is 42.4 Å². The van der Waals surface area contributed by atoms with E-state index in [2.05, 4.69) is 15.3 Å². The molecule has 0 aliphatic rings. The maximum atomic E-state index is 14.4. The zero-order chi connectivity index (χ0) is 26.2. The molecule has 2 aromatic carbocycles. The lowest BCUT2D eigenvalue weighted by Crippen LogP contribution is -2.33. The number of aromatic nitrogens is 2. The average Bonchev–Trinajstić information content (AvgIpc) is 2.73. The van der Waals surface area contributed by atoms with E-state index in [-0.39, 0.29) is 28.3 Å². The van der Waals surface area contributed by atoms with Crippen LogP contribution in [0.25, 0.3) is 11.3 Å². The van der Waals surface area contributed by atoms with Gasteiger partial charge in [0, 0.05) is 44.2 Å². The molecule has 35 heavy (non-hydrogen) atoms. The molecule has 1 aromatic heterocycles. The molecule has 1 unspecified atom stereocenters. The summed E-state index contributed by atoms with van der Waals surface area (Å²) in [5, 5.41) is 8.64. The summed E-state index contributed by atoms with van der Waals surface area (Å²) in [6.45, 7) is 0. The third-order valence-electron chi connectivity index (χ3n) is 4.46. The molecule has 0 radical (unpaired) electrons. The van der Waals surface area contributed by atoms with Crippen LogP contribution in [-0.2, 0) is 15.6 Å². The predicted molar refractivity (Wildman–Crippen MR) is 117 cm³/mol. The Morgan fingerprint density at radius 2 is 1.77 bits per heavy atom. The highest BCUT2D eigenvalue weighted by Gasteiger charge is 2.58. The first-order valence-corrected chi connectivity index (χ1v) is 11.6. The summed E-state index contributed by atoms with van der Waals surface area (Å²) >= 11 is 0. The number of alkyl halides is 5. The molecule has 0 spiro atoms. The quantitative estimate of drug-likeness (QED) is 0.360. The van der Waals surface area contributed by atoms with E-state index in [9.17, 15) is 34.9 Å². The van der Waals surface area contributed by atoms with Gasteiger partial charge in [-0.15, -0.1) is 0 Å². The van der Waals surface area contributed by atoms with Gasteiger partial charge in [0.25, 0.3) is 0 Å². The van der Waals surface area contributed by atoms with Crippen molar-refractivity contribution in [1.82, 2.24) is 9.97 Å². The molecule has 0 saturated carbocycles. The molecular weight excluding hydrogens is 505 g/mol. The van der Waals surface area contributed by atoms with Crippen molar-refractivity contribution >= 4 is 26.7 Å². The molecule has 0 saturated heterocycles. The lowest BCUT2D eigenvalue weighted by Gasteiger charge is -2.21. The van der Waals surface area contributed by atoms with Crippen molar-refractivity contribution < 1.29 is 39.7 Å². The van der Waals surface area contributed by atoms with Gasteiger partial charge in [-0.1, -0.05) is 0 Å². The minimum Gasteiger partial charge on any atom is -0.496 e. The molecule has 0 fully saturated rings. The molecule has 1 atom stereocenters. The van der Waals surface area contributed by atoms with Gasteiger partial charge in [0.2, 0.25) is 5.95 Å². The topological polar surface area (TPSA) is 90.1 Å². The number of hydrogen-bond donors (Lipinski definition) is 2. The van der Waals surface area contributed by atoms with Crippen molar-refractivity contribution in [3.05, 3.63) is 65.4 Å². The molecule has 1 heterocycles. The average molecular weight is 522 g/mol. The molecule has 0 amide bonds. The number of nitrogens with zero attached hydrogens (tertiary/aromatic N) is 2. The standard InChI is InChI=1S/C21H17F7N4O2S/c1-34-17-8-13(22)3-4-15(17)18-16(23)9-30-19(32-18)31-14-6-11(10-35(2,29)33)5-12(7-14)20(24,25)21(26,27)28/h3-10H,1-2H3,(H2,29,33)(H,30,31,32). The number of anilines is 2. The number of nitrogens with one attached hydrogen (secondary N) is 1. The van der Waals surface area contributed by atoms with E-state index >= 15 is 0 Å². The van der Waals surface area contributed by atoms with Crippen LogP contribution < -0.4 is 15.2 Å². The van der Waals surface area contributed by atoms with Crippen molar-refractivity contribution in [3.63, 3.8) is 0 Å². The number of ether oxygens (including phenoxy) is 1. The molecule has 14 heteroatoms. The first-order valence-electron chi connectivity index (χ1n) is 9.46. The van der Waals surface area contributed by atoms with E-state index in [1.807, 2.05) is 0 Å². The fourth-order valence-corrected chi connectivity index (χ4v) is 3.69. The molecule has 188 valence electrons. The SMILES string of the molecule is COc1cc(F)ccc1-c1nc(Nc2cc(C=S(C)(N)=O)cc(C(F)(F)C(F)(F)F)c2)ncc1F. The van der Waals surface area contributed by atoms with Crippen LogP contribution in [0.15, 0.2) is 42.6 Å². The summed E-state index contributed by atoms with van der Waals surface area (Å²) in [4.78, 5) is 7.58. The predicted octanol–water partition coefficient (Wildman–Crippen LogP) is 4.77. The monoisotopic (exact) mass is 522 g/mol. The Balaban J connectivity index is 2.12. The highest BCUT2D eigenvalue weighted by Crippen LogP contribution is 2.44. The van der Waals surface area contributed by atoms with Gasteiger partial charge in [0.15, 0.2) is 5.82 Å². The second kappa shape index (κ2) is 9.34. The zero-order valence-corrected chi connectivity index (χ0v) is 18.8. The van der Waals surface area contributed by atoms with Gasteiger partial charge >= 0.3 is 12.1 Å². The van der Waals surface area contributed by atoms with Gasteiger partial charge in [-0.25, -0.2) is 18.7 Å². The van der Waals surface area contributed by atoms with Gasteiger partial charge in [-0.05, 0) is 35.9 Å². The Bertz CT molecular complexity index is 1380. The van der Waals surface area contributed by atoms with E-state index in [0.717, 1.165) is 29.8 Å². The van der Waals surface area contributed by atoms with Crippen molar-refractivity contribution in [1.29, 1.82) is 0 Å². The van der Waals surface area contributed by atoms with Gasteiger partial charge < -0.3 is 10.1 Å². The first kappa shape index (κ1) is 26.2. The van der Waals surface area contributed by atoms with Gasteiger partial charge in [-0.3, -0.25) is 9.35 Å². The fraction of sp³-hybridized carbons (Fsp3) is 0.190. The Morgan fingerprint density at radius 3 is 2.37 bits per heavy atom. The van der Waals surface area contributed by atoms with Gasteiger partial charge in [0.05, 0.1) is 13.3 Å². The fourth-order valence-electron chi connectivity index (χ4n) is 3.01. The van der Waals surface area contributed by atoms with Gasteiger partial charge in [-0.2, -0.15) is 22.0 Å². The van der Waals surface area contributed by atoms with E-state index in [4.69, 9.17) is 9.88 Å². The smallest absolute Gasteiger partial charge is 0.458 e. The number of benzene rings is 2. The number of hydrogen-bond acceptors (Lipinski definition) is 5. The van der Waals surface area contributed by atoms with Crippen LogP contribution >= 0.6 is 0 Å². The van der Waals surface area contributed by atoms with E-state index in [1.165, 1.54) is 13.2 Å². The Morgan fingerprint density at radius 1 is 1.09 bits per heavy atom. The summed E-state index contributed by atoms with van der Waals surface area (Å²) in [5.74, 6) is -7.33. The van der Waals surface area contributed by atoms with Crippen LogP contribution in [0.3, 0.4) is 0 Å². The second-order valence-electron chi connectivity index (χ2n) is 7.36. The number of nitrogens with two attached hydrogens (primary N) is 1. The molecule has 0 aliphatic heterocycles. The summed E-state index contributed by atoms with van der Waals surface area (Å²) < 4.78 is 112. The van der Waals surface area contributed by atoms with E-state index in [0.29, 0.717) is 18.3 Å². The molecule has 6 nitrogen and oxygen atoms in total. The van der Waals surface area contributed by atoms with Crippen LogP contribution in [0.1, 0.15) is 11.1 Å². The van der Waals surface area contributed by atoms with Crippen LogP contribution in [0.5, 0.6) is 5.75 Å². The third-order valence-corrected chi connectivity index (χ3v) is 5.20. The Labute approximate surface area is 195 Å². The zero-order valence-electron chi connectivity index (χ0n) is 18.0. The summed E-state index contributed by atoms with van der Waals surface area (Å²) in [7, 11) is -1.97. The highest BCUT2D eigenvalue weighted by molar-refractivity contribution is 7.98. The largest absolute Gasteiger partial charge is 0.496 e. The van der Waals surface area contributed by atoms with E-state index in [1.54, 1.807) is 0 Å². The normalized spacial score (nSPS) is 13.8. The Kier molecular flexibility index (Phi) is 7.00. The van der Waals surface area contributed by atoms with Crippen molar-refractivity contribution in [2.24, 2.45) is 5.14 Å². The molecular formula is C21H17F7N4O2S. The van der Waals surface area contributed by atoms with Crippen LogP contribution in [0.2, 0.25) is 0 Å². The summed E-state index contributed by atoms with van der Waals surface area (Å²) in [6, 6.07) is 5.24. The molecule has 3 N–H and O–H groups in total. The molecule has 0 bridgehead atoms. The van der Waals surface area contributed by atoms with Crippen LogP contribution in [0, 0.1) is 11.6 Å². The first-order chi connectivity index (χ1) is 16.1. The Hall–Kier alpha value is -3.39.